The third-order valence-corrected chi connectivity index (χ3v) is 6.03. The maximum atomic E-state index is 11.5. The van der Waals surface area contributed by atoms with Crippen LogP contribution in [0.4, 0.5) is 0 Å². The molecular weight excluding hydrogens is 599 g/mol. The van der Waals surface area contributed by atoms with Gasteiger partial charge in [-0.2, -0.15) is 0 Å². The Balaban J connectivity index is 0.000000364. The summed E-state index contributed by atoms with van der Waals surface area (Å²) in [5.41, 5.74) is 6.51. The Bertz CT molecular complexity index is 1190. The number of aliphatic hydroxyl groups excluding tert-OH is 1. The first-order valence-corrected chi connectivity index (χ1v) is 11.4. The van der Waals surface area contributed by atoms with Crippen LogP contribution in [0.25, 0.3) is 22.0 Å². The number of fused-ring (bicyclic) bond motifs is 1. The zero-order chi connectivity index (χ0) is 25.1. The third kappa shape index (κ3) is 7.10. The van der Waals surface area contributed by atoms with E-state index in [-0.39, 0.29) is 37.1 Å². The minimum Gasteiger partial charge on any atom is -0.512 e. The van der Waals surface area contributed by atoms with E-state index in [9.17, 15) is 9.90 Å². The molecule has 0 atom stereocenters. The Hall–Kier alpha value is -2.29. The first-order valence-electron chi connectivity index (χ1n) is 11.4. The Kier molecular flexibility index (Phi) is 9.99. The second-order valence-electron chi connectivity index (χ2n) is 10.8. The van der Waals surface area contributed by atoms with Crippen LogP contribution in [0, 0.1) is 44.6 Å². The zero-order valence-corrected chi connectivity index (χ0v) is 24.6. The van der Waals surface area contributed by atoms with Crippen LogP contribution in [-0.4, -0.2) is 15.9 Å². The number of benzene rings is 2. The number of hydrogen-bond acceptors (Lipinski definition) is 3. The molecule has 3 aromatic rings. The zero-order valence-electron chi connectivity index (χ0n) is 22.2. The topological polar surface area (TPSA) is 50.2 Å². The molecular formula is C30H38IrNO2-. The largest absolute Gasteiger partial charge is 0.512 e. The van der Waals surface area contributed by atoms with Gasteiger partial charge in [-0.15, -0.1) is 34.4 Å². The Morgan fingerprint density at radius 3 is 2.06 bits per heavy atom. The van der Waals surface area contributed by atoms with Gasteiger partial charge in [0.2, 0.25) is 0 Å². The summed E-state index contributed by atoms with van der Waals surface area (Å²) >= 11 is 0. The van der Waals surface area contributed by atoms with E-state index >= 15 is 0 Å². The van der Waals surface area contributed by atoms with Crippen LogP contribution in [0.5, 0.6) is 0 Å². The molecule has 0 saturated carbocycles. The fraction of sp³-hybridized carbons (Fsp3) is 0.400. The van der Waals surface area contributed by atoms with E-state index in [0.29, 0.717) is 0 Å². The number of pyridine rings is 1. The van der Waals surface area contributed by atoms with E-state index in [4.69, 9.17) is 0 Å². The molecule has 1 N–H and O–H groups in total. The molecule has 1 radical (unpaired) electrons. The van der Waals surface area contributed by atoms with Gasteiger partial charge in [0.1, 0.15) is 5.76 Å². The van der Waals surface area contributed by atoms with E-state index in [0.717, 1.165) is 11.3 Å². The van der Waals surface area contributed by atoms with Crippen molar-refractivity contribution in [3.63, 3.8) is 0 Å². The quantitative estimate of drug-likeness (QED) is 0.176. The molecule has 1 heterocycles. The van der Waals surface area contributed by atoms with Crippen molar-refractivity contribution in [2.24, 2.45) is 10.8 Å². The molecule has 0 saturated heterocycles. The van der Waals surface area contributed by atoms with Crippen molar-refractivity contribution in [1.29, 1.82) is 0 Å². The summed E-state index contributed by atoms with van der Waals surface area (Å²) in [5, 5.41) is 12.0. The second kappa shape index (κ2) is 11.4. The average Bonchev–Trinajstić information content (AvgIpc) is 2.72. The van der Waals surface area contributed by atoms with E-state index in [1.165, 1.54) is 39.1 Å². The second-order valence-corrected chi connectivity index (χ2v) is 10.8. The van der Waals surface area contributed by atoms with E-state index in [1.54, 1.807) is 0 Å². The molecule has 34 heavy (non-hydrogen) atoms. The van der Waals surface area contributed by atoms with Gasteiger partial charge in [-0.3, -0.25) is 4.79 Å². The predicted octanol–water partition coefficient (Wildman–Crippen LogP) is 8.02. The first-order chi connectivity index (χ1) is 15.1. The van der Waals surface area contributed by atoms with Crippen molar-refractivity contribution in [1.82, 2.24) is 4.98 Å². The molecule has 3 nitrogen and oxygen atoms in total. The number of aliphatic hydroxyl groups is 1. The van der Waals surface area contributed by atoms with Gasteiger partial charge in [-0.1, -0.05) is 92.1 Å². The number of rotatable bonds is 2. The fourth-order valence-electron chi connectivity index (χ4n) is 3.24. The standard InChI is InChI=1S/C19H18N.C11H20O2.Ir/c1-12-9-10-18(14(3)13(12)2)19-15(4)17-8-6-5-7-16(17)11-20-19;1-10(2,3)8(12)7-9(13)11(4,5)6;/h5-9,11H,1-4H3;7,12H,1-6H3;/q-1;;/b;8-7-;. The normalized spacial score (nSPS) is 12.0. The summed E-state index contributed by atoms with van der Waals surface area (Å²) in [6.07, 6.45) is 3.29. The molecule has 0 aliphatic heterocycles. The van der Waals surface area contributed by atoms with Gasteiger partial charge in [0.15, 0.2) is 5.78 Å². The molecule has 185 valence electrons. The van der Waals surface area contributed by atoms with Gasteiger partial charge in [0.05, 0.1) is 0 Å². The molecule has 0 unspecified atom stereocenters. The third-order valence-electron chi connectivity index (χ3n) is 6.03. The summed E-state index contributed by atoms with van der Waals surface area (Å²) in [5.74, 6) is 0.104. The van der Waals surface area contributed by atoms with Gasteiger partial charge in [-0.25, -0.2) is 0 Å². The van der Waals surface area contributed by atoms with Crippen LogP contribution in [0.3, 0.4) is 0 Å². The van der Waals surface area contributed by atoms with Crippen LogP contribution in [-0.2, 0) is 24.9 Å². The van der Waals surface area contributed by atoms with Crippen molar-refractivity contribution in [2.45, 2.75) is 69.2 Å². The summed E-state index contributed by atoms with van der Waals surface area (Å²) in [6, 6.07) is 13.9. The van der Waals surface area contributed by atoms with Crippen LogP contribution in [0.15, 0.2) is 48.4 Å². The van der Waals surface area contributed by atoms with Gasteiger partial charge in [0, 0.05) is 43.2 Å². The minimum atomic E-state index is -0.417. The number of aryl methyl sites for hydroxylation is 2. The predicted molar refractivity (Wildman–Crippen MR) is 140 cm³/mol. The van der Waals surface area contributed by atoms with E-state index < -0.39 is 5.41 Å². The van der Waals surface area contributed by atoms with Gasteiger partial charge >= 0.3 is 0 Å². The van der Waals surface area contributed by atoms with E-state index in [1.807, 2.05) is 47.7 Å². The Labute approximate surface area is 219 Å². The van der Waals surface area contributed by atoms with Crippen molar-refractivity contribution < 1.29 is 30.0 Å². The maximum absolute atomic E-state index is 11.5. The van der Waals surface area contributed by atoms with Gasteiger partial charge < -0.3 is 10.1 Å². The molecule has 0 aliphatic rings. The number of allylic oxidation sites excluding steroid dienone is 2. The van der Waals surface area contributed by atoms with E-state index in [2.05, 4.69) is 69.1 Å². The van der Waals surface area contributed by atoms with Crippen LogP contribution in [0.1, 0.15) is 63.8 Å². The average molecular weight is 637 g/mol. The SMILES string of the molecule is CC(C)(C)C(=O)/C=C(\O)C(C)(C)C.Cc1c[c-]c(-c2ncc3ccccc3c2C)c(C)c1C.[Ir]. The molecule has 0 spiro atoms. The molecule has 4 heteroatoms. The number of carbonyl (C=O) groups is 1. The Morgan fingerprint density at radius 2 is 1.50 bits per heavy atom. The van der Waals surface area contributed by atoms with Crippen molar-refractivity contribution in [3.05, 3.63) is 76.7 Å². The molecule has 2 aromatic carbocycles. The van der Waals surface area contributed by atoms with Crippen LogP contribution < -0.4 is 0 Å². The van der Waals surface area contributed by atoms with Crippen LogP contribution in [0.2, 0.25) is 0 Å². The minimum absolute atomic E-state index is 0. The number of hydrogen-bond donors (Lipinski definition) is 1. The van der Waals surface area contributed by atoms with Gasteiger partial charge in [-0.05, 0) is 23.4 Å². The number of carbonyl (C=O) groups excluding carboxylic acids is 1. The summed E-state index contributed by atoms with van der Waals surface area (Å²) in [7, 11) is 0. The smallest absolute Gasteiger partial charge is 0.164 e. The summed E-state index contributed by atoms with van der Waals surface area (Å²) in [4.78, 5) is 16.2. The van der Waals surface area contributed by atoms with Crippen molar-refractivity contribution >= 4 is 16.6 Å². The molecule has 0 aliphatic carbocycles. The molecule has 0 amide bonds. The summed E-state index contributed by atoms with van der Waals surface area (Å²) in [6.45, 7) is 19.7. The fourth-order valence-corrected chi connectivity index (χ4v) is 3.24. The first kappa shape index (κ1) is 29.7. The van der Waals surface area contributed by atoms with Crippen molar-refractivity contribution in [3.8, 4) is 11.3 Å². The van der Waals surface area contributed by atoms with Gasteiger partial charge in [0.25, 0.3) is 0 Å². The van der Waals surface area contributed by atoms with Crippen molar-refractivity contribution in [2.75, 3.05) is 0 Å². The summed E-state index contributed by atoms with van der Waals surface area (Å²) < 4.78 is 0. The molecule has 3 rings (SSSR count). The maximum Gasteiger partial charge on any atom is 0.164 e. The number of nitrogens with zero attached hydrogens (tertiary/aromatic N) is 1. The molecule has 0 bridgehead atoms. The molecule has 0 fully saturated rings. The monoisotopic (exact) mass is 637 g/mol. The number of ketones is 1. The van der Waals surface area contributed by atoms with Crippen LogP contribution >= 0.6 is 0 Å². The number of aromatic nitrogens is 1. The Morgan fingerprint density at radius 1 is 0.912 bits per heavy atom. The molecule has 1 aromatic heterocycles.